The van der Waals surface area contributed by atoms with Crippen LogP contribution in [0.4, 0.5) is 0 Å². The first-order chi connectivity index (χ1) is 14.6. The SMILES string of the molecule is CCc1ccc(CC(=O)C2(c3ccc4c(c3)OCO4)CC2)cc1-c1ccccc1C. The molecule has 0 atom stereocenters. The number of aryl methyl sites for hydroxylation is 2. The van der Waals surface area contributed by atoms with Crippen molar-refractivity contribution in [3.8, 4) is 22.6 Å². The lowest BCUT2D eigenvalue weighted by Crippen LogP contribution is -2.22. The quantitative estimate of drug-likeness (QED) is 0.527. The average Bonchev–Trinajstić information content (AvgIpc) is 3.45. The van der Waals surface area contributed by atoms with Crippen LogP contribution in [0.3, 0.4) is 0 Å². The summed E-state index contributed by atoms with van der Waals surface area (Å²) >= 11 is 0. The summed E-state index contributed by atoms with van der Waals surface area (Å²) in [5, 5.41) is 0. The number of Topliss-reactive ketones (excluding diaryl/α,β-unsaturated/α-hetero) is 1. The predicted molar refractivity (Wildman–Crippen MR) is 118 cm³/mol. The maximum absolute atomic E-state index is 13.4. The number of hydrogen-bond donors (Lipinski definition) is 0. The molecule has 0 radical (unpaired) electrons. The van der Waals surface area contributed by atoms with E-state index in [1.165, 1.54) is 22.3 Å². The third-order valence-corrected chi connectivity index (χ3v) is 6.56. The summed E-state index contributed by atoms with van der Waals surface area (Å²) < 4.78 is 11.0. The molecule has 0 aromatic heterocycles. The van der Waals surface area contributed by atoms with E-state index in [4.69, 9.17) is 9.47 Å². The van der Waals surface area contributed by atoms with Crippen molar-refractivity contribution in [3.05, 3.63) is 82.9 Å². The summed E-state index contributed by atoms with van der Waals surface area (Å²) in [5.74, 6) is 1.81. The number of benzene rings is 3. The Hall–Kier alpha value is -3.07. The van der Waals surface area contributed by atoms with Crippen LogP contribution in [0.15, 0.2) is 60.7 Å². The molecule has 30 heavy (non-hydrogen) atoms. The van der Waals surface area contributed by atoms with E-state index in [-0.39, 0.29) is 12.2 Å². The van der Waals surface area contributed by atoms with Crippen molar-refractivity contribution in [3.63, 3.8) is 0 Å². The Morgan fingerprint density at radius 3 is 2.50 bits per heavy atom. The number of fused-ring (bicyclic) bond motifs is 1. The number of carbonyl (C=O) groups excluding carboxylic acids is 1. The zero-order chi connectivity index (χ0) is 20.7. The molecule has 0 bridgehead atoms. The lowest BCUT2D eigenvalue weighted by atomic mass is 9.86. The molecule has 1 aliphatic heterocycles. The molecule has 1 saturated carbocycles. The van der Waals surface area contributed by atoms with Gasteiger partial charge in [0.2, 0.25) is 6.79 Å². The molecule has 3 aromatic carbocycles. The van der Waals surface area contributed by atoms with Crippen molar-refractivity contribution >= 4 is 5.78 Å². The average molecular weight is 399 g/mol. The molecule has 1 aliphatic carbocycles. The molecular formula is C27H26O3. The first-order valence-corrected chi connectivity index (χ1v) is 10.7. The molecule has 0 saturated heterocycles. The van der Waals surface area contributed by atoms with Crippen LogP contribution in [0.1, 0.15) is 42.0 Å². The third kappa shape index (κ3) is 3.19. The number of hydrogen-bond acceptors (Lipinski definition) is 3. The van der Waals surface area contributed by atoms with Gasteiger partial charge in [-0.3, -0.25) is 4.79 Å². The van der Waals surface area contributed by atoms with Crippen LogP contribution in [0, 0.1) is 6.92 Å². The summed E-state index contributed by atoms with van der Waals surface area (Å²) in [6, 6.07) is 20.9. The topological polar surface area (TPSA) is 35.5 Å². The maximum atomic E-state index is 13.4. The second-order valence-electron chi connectivity index (χ2n) is 8.41. The molecule has 1 heterocycles. The Kier molecular flexibility index (Phi) is 4.62. The largest absolute Gasteiger partial charge is 0.454 e. The highest BCUT2D eigenvalue weighted by Crippen LogP contribution is 2.51. The Morgan fingerprint density at radius 2 is 1.73 bits per heavy atom. The van der Waals surface area contributed by atoms with Crippen LogP contribution < -0.4 is 9.47 Å². The highest BCUT2D eigenvalue weighted by molar-refractivity contribution is 5.95. The van der Waals surface area contributed by atoms with Gasteiger partial charge in [0.25, 0.3) is 0 Å². The van der Waals surface area contributed by atoms with Crippen molar-refractivity contribution in [1.29, 1.82) is 0 Å². The van der Waals surface area contributed by atoms with E-state index < -0.39 is 0 Å². The number of ketones is 1. The zero-order valence-corrected chi connectivity index (χ0v) is 17.5. The zero-order valence-electron chi connectivity index (χ0n) is 17.5. The molecule has 0 spiro atoms. The first kappa shape index (κ1) is 18.9. The first-order valence-electron chi connectivity index (χ1n) is 10.7. The Balaban J connectivity index is 1.44. The molecule has 152 valence electrons. The third-order valence-electron chi connectivity index (χ3n) is 6.56. The fourth-order valence-electron chi connectivity index (χ4n) is 4.57. The molecule has 0 amide bonds. The summed E-state index contributed by atoms with van der Waals surface area (Å²) in [7, 11) is 0. The normalized spacial score (nSPS) is 15.8. The van der Waals surface area contributed by atoms with Crippen molar-refractivity contribution in [1.82, 2.24) is 0 Å². The van der Waals surface area contributed by atoms with Gasteiger partial charge >= 0.3 is 0 Å². The lowest BCUT2D eigenvalue weighted by molar-refractivity contribution is -0.120. The Morgan fingerprint density at radius 1 is 0.933 bits per heavy atom. The van der Waals surface area contributed by atoms with Crippen molar-refractivity contribution < 1.29 is 14.3 Å². The van der Waals surface area contributed by atoms with Crippen molar-refractivity contribution in [2.45, 2.75) is 44.9 Å². The summed E-state index contributed by atoms with van der Waals surface area (Å²) in [6.45, 7) is 4.58. The number of ether oxygens (including phenoxy) is 2. The van der Waals surface area contributed by atoms with E-state index >= 15 is 0 Å². The van der Waals surface area contributed by atoms with Crippen LogP contribution in [0.2, 0.25) is 0 Å². The van der Waals surface area contributed by atoms with Crippen LogP contribution in [-0.4, -0.2) is 12.6 Å². The van der Waals surface area contributed by atoms with E-state index in [0.717, 1.165) is 41.9 Å². The van der Waals surface area contributed by atoms with Crippen molar-refractivity contribution in [2.75, 3.05) is 6.79 Å². The van der Waals surface area contributed by atoms with Gasteiger partial charge in [-0.25, -0.2) is 0 Å². The van der Waals surface area contributed by atoms with E-state index in [2.05, 4.69) is 56.3 Å². The van der Waals surface area contributed by atoms with E-state index in [1.54, 1.807) is 0 Å². The monoisotopic (exact) mass is 398 g/mol. The highest BCUT2D eigenvalue weighted by Gasteiger charge is 2.50. The van der Waals surface area contributed by atoms with Gasteiger partial charge in [-0.2, -0.15) is 0 Å². The van der Waals surface area contributed by atoms with Gasteiger partial charge in [0, 0.05) is 6.42 Å². The van der Waals surface area contributed by atoms with Gasteiger partial charge in [-0.05, 0) is 71.7 Å². The van der Waals surface area contributed by atoms with Crippen molar-refractivity contribution in [2.24, 2.45) is 0 Å². The number of carbonyl (C=O) groups is 1. The number of rotatable bonds is 6. The fourth-order valence-corrected chi connectivity index (χ4v) is 4.57. The van der Waals surface area contributed by atoms with E-state index in [9.17, 15) is 4.79 Å². The van der Waals surface area contributed by atoms with Crippen LogP contribution in [0.25, 0.3) is 11.1 Å². The minimum Gasteiger partial charge on any atom is -0.454 e. The van der Waals surface area contributed by atoms with Crippen LogP contribution in [-0.2, 0) is 23.1 Å². The standard InChI is InChI=1S/C27H26O3/c1-3-20-9-8-19(14-23(20)22-7-5-4-6-18(22)2)15-26(28)27(12-13-27)21-10-11-24-25(16-21)30-17-29-24/h4-11,14,16H,3,12-13,15,17H2,1-2H3. The molecule has 1 fully saturated rings. The molecule has 3 nitrogen and oxygen atoms in total. The molecule has 2 aliphatic rings. The predicted octanol–water partition coefficient (Wildman–Crippen LogP) is 5.80. The van der Waals surface area contributed by atoms with Crippen LogP contribution >= 0.6 is 0 Å². The Bertz CT molecular complexity index is 1120. The molecule has 0 N–H and O–H groups in total. The smallest absolute Gasteiger partial charge is 0.231 e. The second kappa shape index (κ2) is 7.32. The fraction of sp³-hybridized carbons (Fsp3) is 0.296. The maximum Gasteiger partial charge on any atom is 0.231 e. The Labute approximate surface area is 177 Å². The molecule has 3 aromatic rings. The minimum atomic E-state index is -0.368. The minimum absolute atomic E-state index is 0.255. The molecule has 3 heteroatoms. The highest BCUT2D eigenvalue weighted by atomic mass is 16.7. The molecular weight excluding hydrogens is 372 g/mol. The second-order valence-corrected chi connectivity index (χ2v) is 8.41. The van der Waals surface area contributed by atoms with E-state index in [1.807, 2.05) is 18.2 Å². The van der Waals surface area contributed by atoms with Gasteiger partial charge in [0.15, 0.2) is 11.5 Å². The van der Waals surface area contributed by atoms with E-state index in [0.29, 0.717) is 12.2 Å². The lowest BCUT2D eigenvalue weighted by Gasteiger charge is -2.17. The van der Waals surface area contributed by atoms with Gasteiger partial charge in [0.1, 0.15) is 5.78 Å². The van der Waals surface area contributed by atoms with Gasteiger partial charge in [0.05, 0.1) is 5.41 Å². The summed E-state index contributed by atoms with van der Waals surface area (Å²) in [6.07, 6.45) is 3.24. The van der Waals surface area contributed by atoms with Gasteiger partial charge < -0.3 is 9.47 Å². The summed E-state index contributed by atoms with van der Waals surface area (Å²) in [5.41, 5.74) is 6.85. The summed E-state index contributed by atoms with van der Waals surface area (Å²) in [4.78, 5) is 13.4. The van der Waals surface area contributed by atoms with Crippen LogP contribution in [0.5, 0.6) is 11.5 Å². The van der Waals surface area contributed by atoms with Gasteiger partial charge in [-0.1, -0.05) is 55.5 Å². The van der Waals surface area contributed by atoms with Gasteiger partial charge in [-0.15, -0.1) is 0 Å². The molecule has 0 unspecified atom stereocenters. The molecule has 5 rings (SSSR count).